The fraction of sp³-hybridized carbons (Fsp3) is 0.917. The molecule has 0 N–H and O–H groups in total. The van der Waals surface area contributed by atoms with Crippen molar-refractivity contribution < 1.29 is 68.9 Å². The summed E-state index contributed by atoms with van der Waals surface area (Å²) in [5.41, 5.74) is 0. The van der Waals surface area contributed by atoms with E-state index < -0.39 is 0 Å². The first-order valence-electron chi connectivity index (χ1n) is 11.2. The Hall–Kier alpha value is 2.05. The summed E-state index contributed by atoms with van der Waals surface area (Å²) in [6.07, 6.45) is 29.4. The van der Waals surface area contributed by atoms with Gasteiger partial charge in [0.05, 0.1) is 0 Å². The molecule has 2 saturated carbocycles. The first-order valence-corrected chi connectivity index (χ1v) is 11.2. The van der Waals surface area contributed by atoms with Gasteiger partial charge in [0.2, 0.25) is 0 Å². The van der Waals surface area contributed by atoms with Gasteiger partial charge in [0.15, 0.2) is 0 Å². The van der Waals surface area contributed by atoms with Gasteiger partial charge in [0.1, 0.15) is 0 Å². The van der Waals surface area contributed by atoms with Gasteiger partial charge in [-0.3, -0.25) is 0 Å². The number of hydrogen-bond acceptors (Lipinski definition) is 0. The van der Waals surface area contributed by atoms with Crippen molar-refractivity contribution in [2.24, 2.45) is 17.8 Å². The van der Waals surface area contributed by atoms with Gasteiger partial charge in [0, 0.05) is 0 Å². The van der Waals surface area contributed by atoms with Crippen LogP contribution in [0.4, 0.5) is 0 Å². The zero-order chi connectivity index (χ0) is 16.2. The third-order valence-corrected chi connectivity index (χ3v) is 6.79. The summed E-state index contributed by atoms with van der Waals surface area (Å²) in [5, 5.41) is 0. The molecule has 2 aliphatic carbocycles. The van der Waals surface area contributed by atoms with E-state index in [1.165, 1.54) is 116 Å². The Morgan fingerprint density at radius 3 is 1.56 bits per heavy atom. The van der Waals surface area contributed by atoms with Crippen molar-refractivity contribution in [3.63, 3.8) is 0 Å². The Labute approximate surface area is 219 Å². The molecule has 2 fully saturated rings. The van der Waals surface area contributed by atoms with E-state index in [9.17, 15) is 0 Å². The van der Waals surface area contributed by atoms with Crippen LogP contribution in [0.15, 0.2) is 0 Å². The van der Waals surface area contributed by atoms with Crippen molar-refractivity contribution >= 4 is 0 Å². The predicted octanol–water partition coefficient (Wildman–Crippen LogP) is 5.56. The second-order valence-corrected chi connectivity index (χ2v) is 8.66. The van der Waals surface area contributed by atoms with Crippen molar-refractivity contribution in [3.8, 4) is 0 Å². The van der Waals surface area contributed by atoms with E-state index in [-0.39, 0.29) is 76.3 Å². The van der Waals surface area contributed by atoms with E-state index in [1.54, 1.807) is 0 Å². The molecule has 0 atom stereocenters. The molecule has 0 aromatic rings. The fourth-order valence-electron chi connectivity index (χ4n) is 5.10. The van der Waals surface area contributed by atoms with Crippen LogP contribution in [-0.2, 0) is 0 Å². The first-order chi connectivity index (χ1) is 11.4. The van der Waals surface area contributed by atoms with Crippen molar-refractivity contribution in [3.05, 3.63) is 13.8 Å². The van der Waals surface area contributed by atoms with Crippen molar-refractivity contribution in [1.82, 2.24) is 0 Å². The minimum Gasteiger partial charge on any atom is -0.358 e. The number of unbranched alkanes of at least 4 members (excludes halogenated alkanes) is 2. The van der Waals surface area contributed by atoms with Gasteiger partial charge in [-0.2, -0.15) is 12.8 Å². The summed E-state index contributed by atoms with van der Waals surface area (Å²) in [4.78, 5) is 0. The monoisotopic (exact) mass is 467 g/mol. The van der Waals surface area contributed by atoms with Gasteiger partial charge in [0.25, 0.3) is 0 Å². The largest absolute Gasteiger partial charge is 1.00 e. The molecule has 0 amide bonds. The van der Waals surface area contributed by atoms with Crippen LogP contribution in [0.5, 0.6) is 0 Å². The summed E-state index contributed by atoms with van der Waals surface area (Å²) in [6, 6.07) is 0. The van der Waals surface area contributed by atoms with Crippen LogP contribution in [0.2, 0.25) is 0 Å². The van der Waals surface area contributed by atoms with Gasteiger partial charge in [-0.25, -0.2) is 0 Å². The van der Waals surface area contributed by atoms with Crippen LogP contribution in [0.3, 0.4) is 0 Å². The van der Waals surface area contributed by atoms with Crippen LogP contribution in [-0.4, -0.2) is 0 Å². The van der Waals surface area contributed by atoms with E-state index >= 15 is 0 Å². The van der Waals surface area contributed by atoms with Crippen LogP contribution in [0.1, 0.15) is 122 Å². The molecule has 0 saturated heterocycles. The molecule has 2 rings (SSSR count). The maximum atomic E-state index is 2.52. The maximum absolute atomic E-state index is 2.52. The molecule has 0 aromatic heterocycles. The molecular formula is C24H46Cs-. The molecule has 1 heteroatoms. The van der Waals surface area contributed by atoms with E-state index in [0.717, 1.165) is 17.8 Å². The van der Waals surface area contributed by atoms with Crippen LogP contribution in [0.25, 0.3) is 0 Å². The van der Waals surface area contributed by atoms with Crippen molar-refractivity contribution in [2.75, 3.05) is 0 Å². The number of hydrogen-bond donors (Lipinski definition) is 0. The Balaban J connectivity index is 0.00000288. The topological polar surface area (TPSA) is 0 Å². The van der Waals surface area contributed by atoms with Gasteiger partial charge < -0.3 is 13.8 Å². The second kappa shape index (κ2) is 18.1. The minimum absolute atomic E-state index is 0. The molecule has 0 aromatic carbocycles. The van der Waals surface area contributed by atoms with E-state index in [2.05, 4.69) is 13.3 Å². The average Bonchev–Trinajstić information content (AvgIpc) is 2.50. The molecule has 2 aliphatic rings. The third kappa shape index (κ3) is 13.0. The molecule has 0 nitrogen and oxygen atoms in total. The maximum Gasteiger partial charge on any atom is 1.00 e. The molecule has 0 spiro atoms. The number of rotatable bonds is 7. The second-order valence-electron chi connectivity index (χ2n) is 8.66. The van der Waals surface area contributed by atoms with Crippen molar-refractivity contribution in [2.45, 2.75) is 122 Å². The zero-order valence-electron chi connectivity index (χ0n) is 18.0. The van der Waals surface area contributed by atoms with Crippen LogP contribution < -0.4 is 68.9 Å². The summed E-state index contributed by atoms with van der Waals surface area (Å²) in [6.45, 7) is 2.39. The van der Waals surface area contributed by atoms with Gasteiger partial charge in [-0.05, 0) is 17.8 Å². The van der Waals surface area contributed by atoms with Crippen LogP contribution >= 0.6 is 0 Å². The normalized spacial score (nSPS) is 26.3. The molecule has 0 unspecified atom stereocenters. The molecule has 25 heavy (non-hydrogen) atoms. The predicted molar refractivity (Wildman–Crippen MR) is 110 cm³/mol. The SMILES string of the molecule is CCC1CCCC(CCCCCC2CCC[CH-]CCC2)CCC1.[CH3-].[Cs+]. The van der Waals surface area contributed by atoms with E-state index in [0.29, 0.717) is 0 Å². The van der Waals surface area contributed by atoms with E-state index in [4.69, 9.17) is 0 Å². The summed E-state index contributed by atoms with van der Waals surface area (Å²) < 4.78 is 0. The summed E-state index contributed by atoms with van der Waals surface area (Å²) in [7, 11) is 0. The smallest absolute Gasteiger partial charge is 0.358 e. The van der Waals surface area contributed by atoms with Crippen molar-refractivity contribution in [1.29, 1.82) is 0 Å². The standard InChI is InChI=1S/C23H43.CH3.Cs/c1-2-21-17-11-19-23(20-12-18-21)16-10-6-9-15-22-13-7-4-3-5-8-14-22;;/h3,21-23H,2,4-20H2,1H3;1H3;/q2*-1;+1. The Bertz CT molecular complexity index is 257. The Morgan fingerprint density at radius 1 is 0.640 bits per heavy atom. The van der Waals surface area contributed by atoms with Gasteiger partial charge in [-0.1, -0.05) is 110 Å². The van der Waals surface area contributed by atoms with Crippen LogP contribution in [0, 0.1) is 31.6 Å². The van der Waals surface area contributed by atoms with Gasteiger partial charge >= 0.3 is 68.9 Å². The molecular weight excluding hydrogens is 421 g/mol. The zero-order valence-corrected chi connectivity index (χ0v) is 24.3. The fourth-order valence-corrected chi connectivity index (χ4v) is 5.10. The molecule has 0 bridgehead atoms. The quantitative estimate of drug-likeness (QED) is 0.340. The minimum atomic E-state index is 0. The molecule has 0 aliphatic heterocycles. The Kier molecular flexibility index (Phi) is 19.6. The first kappa shape index (κ1) is 27.1. The third-order valence-electron chi connectivity index (χ3n) is 6.79. The molecule has 144 valence electrons. The summed E-state index contributed by atoms with van der Waals surface area (Å²) in [5.74, 6) is 3.19. The average molecular weight is 468 g/mol. The van der Waals surface area contributed by atoms with E-state index in [1.807, 2.05) is 0 Å². The molecule has 0 radical (unpaired) electrons. The Morgan fingerprint density at radius 2 is 1.08 bits per heavy atom. The van der Waals surface area contributed by atoms with Gasteiger partial charge in [-0.15, -0.1) is 0 Å². The molecule has 0 heterocycles. The summed E-state index contributed by atoms with van der Waals surface area (Å²) >= 11 is 0.